The molecule has 0 fully saturated rings. The highest BCUT2D eigenvalue weighted by atomic mass is 35.5. The average Bonchev–Trinajstić information content (AvgIpc) is 1.94. The maximum absolute atomic E-state index is 9.07. The van der Waals surface area contributed by atoms with Gasteiger partial charge in [-0.25, -0.2) is 4.99 Å². The van der Waals surface area contributed by atoms with E-state index in [1.165, 1.54) is 0 Å². The molecule has 1 aromatic carbocycles. The second-order valence-electron chi connectivity index (χ2n) is 1.72. The fraction of sp³-hybridized carbons (Fsp3) is 0. The number of benzene rings is 1. The fourth-order valence-electron chi connectivity index (χ4n) is 0.626. The molecule has 1 N–H and O–H groups in total. The SMILES string of the molecule is Oc1ccccc1N=CCl. The average molecular weight is 156 g/mol. The van der Waals surface area contributed by atoms with Crippen LogP contribution >= 0.6 is 11.6 Å². The topological polar surface area (TPSA) is 32.6 Å². The summed E-state index contributed by atoms with van der Waals surface area (Å²) in [5.74, 6) is 0.138. The van der Waals surface area contributed by atoms with Crippen molar-refractivity contribution in [2.75, 3.05) is 0 Å². The van der Waals surface area contributed by atoms with E-state index >= 15 is 0 Å². The molecule has 0 aliphatic rings. The quantitative estimate of drug-likeness (QED) is 0.621. The monoisotopic (exact) mass is 155 g/mol. The van der Waals surface area contributed by atoms with E-state index in [4.69, 9.17) is 16.7 Å². The molecule has 0 spiro atoms. The number of aromatic hydroxyl groups is 1. The van der Waals surface area contributed by atoms with Gasteiger partial charge in [-0.1, -0.05) is 23.7 Å². The van der Waals surface area contributed by atoms with E-state index in [1.54, 1.807) is 24.3 Å². The number of nitrogens with zero attached hydrogens (tertiary/aromatic N) is 1. The molecule has 0 saturated carbocycles. The van der Waals surface area contributed by atoms with E-state index in [9.17, 15) is 0 Å². The molecule has 1 aromatic rings. The summed E-state index contributed by atoms with van der Waals surface area (Å²) in [4.78, 5) is 3.70. The lowest BCUT2D eigenvalue weighted by molar-refractivity contribution is 0.477. The van der Waals surface area contributed by atoms with Crippen molar-refractivity contribution in [3.8, 4) is 5.75 Å². The van der Waals surface area contributed by atoms with Crippen LogP contribution in [-0.4, -0.2) is 10.8 Å². The number of phenols is 1. The predicted octanol–water partition coefficient (Wildman–Crippen LogP) is 2.29. The van der Waals surface area contributed by atoms with Crippen LogP contribution in [0.25, 0.3) is 0 Å². The summed E-state index contributed by atoms with van der Waals surface area (Å²) in [6, 6.07) is 6.73. The van der Waals surface area contributed by atoms with Crippen molar-refractivity contribution in [3.63, 3.8) is 0 Å². The van der Waals surface area contributed by atoms with Crippen LogP contribution in [0.1, 0.15) is 0 Å². The number of rotatable bonds is 1. The normalized spacial score (nSPS) is 10.5. The van der Waals surface area contributed by atoms with Gasteiger partial charge >= 0.3 is 0 Å². The molecule has 0 amide bonds. The van der Waals surface area contributed by atoms with Gasteiger partial charge in [-0.15, -0.1) is 0 Å². The molecular formula is C7H6ClNO. The smallest absolute Gasteiger partial charge is 0.141 e. The third-order valence-corrected chi connectivity index (χ3v) is 1.17. The van der Waals surface area contributed by atoms with Crippen LogP contribution in [0, 0.1) is 0 Å². The highest BCUT2D eigenvalue weighted by Crippen LogP contribution is 2.24. The third-order valence-electron chi connectivity index (χ3n) is 1.07. The molecule has 0 atom stereocenters. The van der Waals surface area contributed by atoms with Gasteiger partial charge in [0, 0.05) is 0 Å². The van der Waals surface area contributed by atoms with E-state index in [1.807, 2.05) is 0 Å². The van der Waals surface area contributed by atoms with E-state index in [0.717, 1.165) is 5.67 Å². The molecule has 0 heterocycles. The van der Waals surface area contributed by atoms with E-state index in [-0.39, 0.29) is 5.75 Å². The fourth-order valence-corrected chi connectivity index (χ4v) is 0.731. The van der Waals surface area contributed by atoms with Crippen LogP contribution in [0.15, 0.2) is 29.3 Å². The van der Waals surface area contributed by atoms with Crippen LogP contribution in [0.3, 0.4) is 0 Å². The Bertz CT molecular complexity index is 247. The first kappa shape index (κ1) is 7.09. The summed E-state index contributed by atoms with van der Waals surface area (Å²) in [6.07, 6.45) is 0. The molecule has 1 rings (SSSR count). The van der Waals surface area contributed by atoms with Crippen molar-refractivity contribution in [1.82, 2.24) is 0 Å². The molecule has 0 aliphatic heterocycles. The Labute approximate surface area is 63.8 Å². The molecule has 2 nitrogen and oxygen atoms in total. The summed E-state index contributed by atoms with van der Waals surface area (Å²) in [5.41, 5.74) is 1.60. The van der Waals surface area contributed by atoms with Crippen molar-refractivity contribution in [2.45, 2.75) is 0 Å². The zero-order chi connectivity index (χ0) is 7.40. The second-order valence-corrected chi connectivity index (χ2v) is 1.91. The number of para-hydroxylation sites is 2. The molecule has 52 valence electrons. The summed E-state index contributed by atoms with van der Waals surface area (Å²) in [5, 5.41) is 9.07. The van der Waals surface area contributed by atoms with Crippen LogP contribution in [0.4, 0.5) is 5.69 Å². The molecule has 0 saturated heterocycles. The minimum atomic E-state index is 0.138. The van der Waals surface area contributed by atoms with E-state index in [0.29, 0.717) is 5.69 Å². The lowest BCUT2D eigenvalue weighted by Crippen LogP contribution is -1.65. The Balaban J connectivity index is 3.03. The molecule has 10 heavy (non-hydrogen) atoms. The number of halogens is 1. The Morgan fingerprint density at radius 1 is 1.40 bits per heavy atom. The standard InChI is InChI=1S/C7H6ClNO/c8-5-9-6-3-1-2-4-7(6)10/h1-5,10H. The summed E-state index contributed by atoms with van der Waals surface area (Å²) in [6.45, 7) is 0. The van der Waals surface area contributed by atoms with Gasteiger partial charge in [-0.05, 0) is 12.1 Å². The van der Waals surface area contributed by atoms with Crippen molar-refractivity contribution in [1.29, 1.82) is 0 Å². The number of hydrogen-bond acceptors (Lipinski definition) is 2. The summed E-state index contributed by atoms with van der Waals surface area (Å²) in [7, 11) is 0. The predicted molar refractivity (Wildman–Crippen MR) is 42.1 cm³/mol. The summed E-state index contributed by atoms with van der Waals surface area (Å²) >= 11 is 5.21. The Morgan fingerprint density at radius 3 is 2.70 bits per heavy atom. The lowest BCUT2D eigenvalue weighted by Gasteiger charge is -1.93. The first-order chi connectivity index (χ1) is 4.84. The molecule has 0 unspecified atom stereocenters. The van der Waals surface area contributed by atoms with Crippen LogP contribution in [0.5, 0.6) is 5.75 Å². The van der Waals surface area contributed by atoms with Crippen molar-refractivity contribution in [3.05, 3.63) is 24.3 Å². The second kappa shape index (κ2) is 3.22. The Hall–Kier alpha value is -1.02. The van der Waals surface area contributed by atoms with Gasteiger partial charge in [-0.3, -0.25) is 0 Å². The van der Waals surface area contributed by atoms with Crippen LogP contribution in [-0.2, 0) is 0 Å². The third kappa shape index (κ3) is 1.48. The largest absolute Gasteiger partial charge is 0.506 e. The zero-order valence-corrected chi connectivity index (χ0v) is 5.92. The van der Waals surface area contributed by atoms with Crippen molar-refractivity contribution >= 4 is 23.0 Å². The molecule has 0 radical (unpaired) electrons. The van der Waals surface area contributed by atoms with Gasteiger partial charge < -0.3 is 5.11 Å². The first-order valence-corrected chi connectivity index (χ1v) is 3.19. The molecule has 0 bridgehead atoms. The lowest BCUT2D eigenvalue weighted by atomic mass is 10.3. The van der Waals surface area contributed by atoms with Gasteiger partial charge in [0.05, 0.1) is 5.67 Å². The highest BCUT2D eigenvalue weighted by Gasteiger charge is 1.92. The minimum absolute atomic E-state index is 0.138. The highest BCUT2D eigenvalue weighted by molar-refractivity contribution is 6.56. The van der Waals surface area contributed by atoms with Crippen LogP contribution in [0.2, 0.25) is 0 Å². The van der Waals surface area contributed by atoms with Crippen LogP contribution < -0.4 is 0 Å². The van der Waals surface area contributed by atoms with Gasteiger partial charge in [-0.2, -0.15) is 0 Å². The van der Waals surface area contributed by atoms with E-state index in [2.05, 4.69) is 4.99 Å². The van der Waals surface area contributed by atoms with E-state index < -0.39 is 0 Å². The summed E-state index contributed by atoms with van der Waals surface area (Å²) < 4.78 is 0. The van der Waals surface area contributed by atoms with Gasteiger partial charge in [0.15, 0.2) is 0 Å². The number of aliphatic imine (C=N–C) groups is 1. The van der Waals surface area contributed by atoms with Gasteiger partial charge in [0.1, 0.15) is 11.4 Å². The molecule has 0 aromatic heterocycles. The zero-order valence-electron chi connectivity index (χ0n) is 5.16. The first-order valence-electron chi connectivity index (χ1n) is 2.75. The maximum Gasteiger partial charge on any atom is 0.141 e. The number of hydrogen-bond donors (Lipinski definition) is 1. The molecular weight excluding hydrogens is 150 g/mol. The van der Waals surface area contributed by atoms with Gasteiger partial charge in [0.25, 0.3) is 0 Å². The van der Waals surface area contributed by atoms with Gasteiger partial charge in [0.2, 0.25) is 0 Å². The van der Waals surface area contributed by atoms with Crippen molar-refractivity contribution in [2.24, 2.45) is 4.99 Å². The maximum atomic E-state index is 9.07. The Kier molecular flexibility index (Phi) is 2.29. The number of phenolic OH excluding ortho intramolecular Hbond substituents is 1. The Morgan fingerprint density at radius 2 is 2.10 bits per heavy atom. The molecule has 0 aliphatic carbocycles. The van der Waals surface area contributed by atoms with Crippen molar-refractivity contribution < 1.29 is 5.11 Å². The minimum Gasteiger partial charge on any atom is -0.506 e. The molecule has 3 heteroatoms.